The second-order valence-electron chi connectivity index (χ2n) is 11.2. The molecule has 0 bridgehead atoms. The molecule has 1 fully saturated rings. The second kappa shape index (κ2) is 14.8. The number of rotatable bonds is 13. The summed E-state index contributed by atoms with van der Waals surface area (Å²) in [5.41, 5.74) is 4.10. The fourth-order valence-corrected chi connectivity index (χ4v) is 4.90. The standard InChI is InChI=1S/C32H39N5O9/c1-18(2)45-26(40)16-25(33)28(41)36(24-10-8-7-9-11-24)32(20(5)38,30(43)46-19(3)4)37-29(42)27(35-31(37)44)23-14-12-22(13-15-23)17-34-21(6)39/h7-15,18-19,25,27H,16-17,33H2,1-6H3,(H,34,39)(H,35,44)/t25-,27?,32+/m0/s1. The van der Waals surface area contributed by atoms with Crippen LogP contribution in [0, 0.1) is 0 Å². The molecule has 0 radical (unpaired) electrons. The molecule has 1 unspecified atom stereocenters. The number of para-hydroxylation sites is 1. The van der Waals surface area contributed by atoms with Crippen molar-refractivity contribution in [2.24, 2.45) is 5.73 Å². The number of hydrogen-bond donors (Lipinski definition) is 3. The predicted molar refractivity (Wildman–Crippen MR) is 164 cm³/mol. The first-order valence-electron chi connectivity index (χ1n) is 14.6. The number of esters is 2. The summed E-state index contributed by atoms with van der Waals surface area (Å²) in [5, 5.41) is 5.15. The normalized spacial score (nSPS) is 16.4. The molecule has 2 aromatic rings. The quantitative estimate of drug-likeness (QED) is 0.166. The minimum atomic E-state index is -3.01. The highest BCUT2D eigenvalue weighted by molar-refractivity contribution is 6.23. The highest BCUT2D eigenvalue weighted by atomic mass is 16.6. The van der Waals surface area contributed by atoms with Gasteiger partial charge in [0.05, 0.1) is 24.7 Å². The first kappa shape index (κ1) is 35.4. The lowest BCUT2D eigenvalue weighted by molar-refractivity contribution is -0.168. The van der Waals surface area contributed by atoms with Crippen LogP contribution in [0.25, 0.3) is 0 Å². The molecule has 0 aliphatic carbocycles. The van der Waals surface area contributed by atoms with E-state index in [1.807, 2.05) is 0 Å². The van der Waals surface area contributed by atoms with Gasteiger partial charge in [0, 0.05) is 19.2 Å². The van der Waals surface area contributed by atoms with Crippen LogP contribution in [0.4, 0.5) is 10.5 Å². The summed E-state index contributed by atoms with van der Waals surface area (Å²) >= 11 is 0. The topological polar surface area (TPSA) is 195 Å². The molecule has 1 saturated heterocycles. The monoisotopic (exact) mass is 637 g/mol. The van der Waals surface area contributed by atoms with Gasteiger partial charge in [0.1, 0.15) is 6.04 Å². The van der Waals surface area contributed by atoms with Crippen LogP contribution in [0.2, 0.25) is 0 Å². The van der Waals surface area contributed by atoms with Gasteiger partial charge < -0.3 is 25.8 Å². The molecule has 3 rings (SSSR count). The number of carbonyl (C=O) groups is 7. The van der Waals surface area contributed by atoms with E-state index in [4.69, 9.17) is 15.2 Å². The Kier molecular flexibility index (Phi) is 11.4. The first-order valence-corrected chi connectivity index (χ1v) is 14.6. The minimum absolute atomic E-state index is 0.0811. The largest absolute Gasteiger partial charge is 0.463 e. The Balaban J connectivity index is 2.20. The number of nitrogens with zero attached hydrogens (tertiary/aromatic N) is 2. The van der Waals surface area contributed by atoms with E-state index in [1.165, 1.54) is 45.0 Å². The van der Waals surface area contributed by atoms with Crippen LogP contribution in [0.15, 0.2) is 54.6 Å². The van der Waals surface area contributed by atoms with Crippen LogP contribution < -0.4 is 21.3 Å². The number of carbonyl (C=O) groups excluding carboxylic acids is 7. The molecule has 246 valence electrons. The van der Waals surface area contributed by atoms with Crippen molar-refractivity contribution in [3.63, 3.8) is 0 Å². The molecule has 46 heavy (non-hydrogen) atoms. The van der Waals surface area contributed by atoms with Crippen LogP contribution in [0.3, 0.4) is 0 Å². The van der Waals surface area contributed by atoms with Crippen molar-refractivity contribution >= 4 is 47.2 Å². The maximum absolute atomic E-state index is 14.2. The van der Waals surface area contributed by atoms with E-state index in [9.17, 15) is 33.6 Å². The van der Waals surface area contributed by atoms with Gasteiger partial charge in [-0.2, -0.15) is 0 Å². The molecule has 14 nitrogen and oxygen atoms in total. The summed E-state index contributed by atoms with van der Waals surface area (Å²) in [6, 6.07) is 9.53. The smallest absolute Gasteiger partial charge is 0.362 e. The molecule has 0 aromatic heterocycles. The van der Waals surface area contributed by atoms with Gasteiger partial charge in [-0.25, -0.2) is 14.5 Å². The van der Waals surface area contributed by atoms with Gasteiger partial charge in [-0.3, -0.25) is 28.9 Å². The zero-order chi connectivity index (χ0) is 34.3. The van der Waals surface area contributed by atoms with Crippen LogP contribution >= 0.6 is 0 Å². The lowest BCUT2D eigenvalue weighted by atomic mass is 9.96. The molecular weight excluding hydrogens is 598 g/mol. The Labute approximate surface area is 266 Å². The number of Topliss-reactive ketones (excluding diaryl/α,β-unsaturated/α-hetero) is 1. The highest BCUT2D eigenvalue weighted by Crippen LogP contribution is 2.37. The number of nitrogens with one attached hydrogen (secondary N) is 2. The number of ether oxygens (including phenoxy) is 2. The van der Waals surface area contributed by atoms with Gasteiger partial charge in [0.15, 0.2) is 5.78 Å². The van der Waals surface area contributed by atoms with Crippen molar-refractivity contribution < 1.29 is 43.0 Å². The van der Waals surface area contributed by atoms with Crippen LogP contribution in [0.5, 0.6) is 0 Å². The summed E-state index contributed by atoms with van der Waals surface area (Å²) < 4.78 is 10.6. The number of urea groups is 1. The van der Waals surface area contributed by atoms with E-state index in [1.54, 1.807) is 44.2 Å². The van der Waals surface area contributed by atoms with Crippen molar-refractivity contribution in [1.29, 1.82) is 0 Å². The summed E-state index contributed by atoms with van der Waals surface area (Å²) in [7, 11) is 0. The van der Waals surface area contributed by atoms with Crippen molar-refractivity contribution in [2.75, 3.05) is 4.90 Å². The van der Waals surface area contributed by atoms with E-state index >= 15 is 0 Å². The van der Waals surface area contributed by atoms with E-state index < -0.39 is 71.9 Å². The fraction of sp³-hybridized carbons (Fsp3) is 0.406. The Morgan fingerprint density at radius 3 is 2.04 bits per heavy atom. The maximum atomic E-state index is 14.2. The van der Waals surface area contributed by atoms with Crippen molar-refractivity contribution in [3.05, 3.63) is 65.7 Å². The average molecular weight is 638 g/mol. The molecule has 4 N–H and O–H groups in total. The van der Waals surface area contributed by atoms with E-state index in [-0.39, 0.29) is 18.1 Å². The van der Waals surface area contributed by atoms with Crippen LogP contribution in [0.1, 0.15) is 65.1 Å². The number of anilines is 1. The third-order valence-electron chi connectivity index (χ3n) is 6.86. The Hall–Kier alpha value is -5.11. The minimum Gasteiger partial charge on any atom is -0.463 e. The van der Waals surface area contributed by atoms with E-state index in [2.05, 4.69) is 10.6 Å². The van der Waals surface area contributed by atoms with Gasteiger partial charge in [-0.05, 0) is 57.9 Å². The average Bonchev–Trinajstić information content (AvgIpc) is 3.27. The molecule has 3 atom stereocenters. The lowest BCUT2D eigenvalue weighted by Crippen LogP contribution is -2.74. The molecule has 2 aromatic carbocycles. The Morgan fingerprint density at radius 2 is 1.52 bits per heavy atom. The molecule has 0 saturated carbocycles. The third kappa shape index (κ3) is 7.57. The first-order chi connectivity index (χ1) is 21.6. The highest BCUT2D eigenvalue weighted by Gasteiger charge is 2.65. The van der Waals surface area contributed by atoms with Crippen molar-refractivity contribution in [1.82, 2.24) is 15.5 Å². The number of imide groups is 1. The van der Waals surface area contributed by atoms with E-state index in [0.29, 0.717) is 20.9 Å². The third-order valence-corrected chi connectivity index (χ3v) is 6.86. The van der Waals surface area contributed by atoms with Crippen molar-refractivity contribution in [3.8, 4) is 0 Å². The predicted octanol–water partition coefficient (Wildman–Crippen LogP) is 1.85. The van der Waals surface area contributed by atoms with Crippen LogP contribution in [-0.4, -0.2) is 70.3 Å². The van der Waals surface area contributed by atoms with Gasteiger partial charge >= 0.3 is 18.0 Å². The Bertz CT molecular complexity index is 1490. The zero-order valence-corrected chi connectivity index (χ0v) is 26.6. The zero-order valence-electron chi connectivity index (χ0n) is 26.6. The molecule has 0 spiro atoms. The molecule has 1 aliphatic heterocycles. The number of benzene rings is 2. The number of hydrogen-bond acceptors (Lipinski definition) is 10. The van der Waals surface area contributed by atoms with Gasteiger partial charge in [0.25, 0.3) is 11.6 Å². The molecule has 5 amide bonds. The maximum Gasteiger partial charge on any atom is 0.362 e. The SMILES string of the molecule is CC(=O)NCc1ccc(C2NC(=O)N([C@](C(C)=O)(C(=O)OC(C)C)N(C(=O)[C@@H](N)CC(=O)OC(C)C)c3ccccc3)C2=O)cc1. The van der Waals surface area contributed by atoms with Crippen LogP contribution in [-0.2, 0) is 44.8 Å². The molecule has 1 aliphatic rings. The van der Waals surface area contributed by atoms with Gasteiger partial charge in [0.2, 0.25) is 11.8 Å². The second-order valence-corrected chi connectivity index (χ2v) is 11.2. The van der Waals surface area contributed by atoms with Gasteiger partial charge in [-0.1, -0.05) is 42.5 Å². The molecule has 14 heteroatoms. The number of amides is 5. The summed E-state index contributed by atoms with van der Waals surface area (Å²) in [6.45, 7) is 8.72. The fourth-order valence-electron chi connectivity index (χ4n) is 4.90. The molecule has 1 heterocycles. The summed E-state index contributed by atoms with van der Waals surface area (Å²) in [6.07, 6.45) is -2.00. The summed E-state index contributed by atoms with van der Waals surface area (Å²) in [5.74, 6) is -5.72. The Morgan fingerprint density at radius 1 is 0.935 bits per heavy atom. The lowest BCUT2D eigenvalue weighted by Gasteiger charge is -2.44. The molecular formula is C32H39N5O9. The summed E-state index contributed by atoms with van der Waals surface area (Å²) in [4.78, 5) is 94.9. The number of nitrogens with two attached hydrogens (primary N) is 1. The van der Waals surface area contributed by atoms with Crippen molar-refractivity contribution in [2.45, 2.75) is 84.5 Å². The van der Waals surface area contributed by atoms with Gasteiger partial charge in [-0.15, -0.1) is 0 Å². The number of ketones is 1. The van der Waals surface area contributed by atoms with E-state index in [0.717, 1.165) is 6.92 Å².